The Kier molecular flexibility index (Phi) is 4.65. The first-order chi connectivity index (χ1) is 10.7. The second-order valence-electron chi connectivity index (χ2n) is 5.60. The first-order valence-corrected chi connectivity index (χ1v) is 7.76. The molecule has 0 atom stereocenters. The van der Waals surface area contributed by atoms with Gasteiger partial charge in [0.05, 0.1) is 6.20 Å². The van der Waals surface area contributed by atoms with Gasteiger partial charge >= 0.3 is 0 Å². The van der Waals surface area contributed by atoms with Gasteiger partial charge in [-0.2, -0.15) is 5.10 Å². The molecule has 7 heteroatoms. The number of carbonyl (C=O) groups is 1. The first-order valence-electron chi connectivity index (χ1n) is 7.76. The molecule has 3 heterocycles. The highest BCUT2D eigenvalue weighted by Gasteiger charge is 2.14. The molecule has 2 N–H and O–H groups in total. The number of aryl methyl sites for hydroxylation is 1. The Hall–Kier alpha value is -1.99. The maximum absolute atomic E-state index is 12.3. The summed E-state index contributed by atoms with van der Waals surface area (Å²) in [5.41, 5.74) is 2.02. The summed E-state index contributed by atoms with van der Waals surface area (Å²) in [7, 11) is 0. The average Bonchev–Trinajstić information content (AvgIpc) is 2.95. The summed E-state index contributed by atoms with van der Waals surface area (Å²) in [6.45, 7) is 7.89. The molecule has 1 amide bonds. The Balaban J connectivity index is 1.51. The number of fused-ring (bicyclic) bond motifs is 1. The second kappa shape index (κ2) is 6.85. The molecule has 118 valence electrons. The summed E-state index contributed by atoms with van der Waals surface area (Å²) >= 11 is 0. The maximum Gasteiger partial charge on any atom is 0.256 e. The summed E-state index contributed by atoms with van der Waals surface area (Å²) < 4.78 is 1.63. The van der Waals surface area contributed by atoms with Gasteiger partial charge in [-0.15, -0.1) is 0 Å². The molecule has 2 aromatic rings. The Labute approximate surface area is 129 Å². The van der Waals surface area contributed by atoms with Crippen LogP contribution in [0.4, 0.5) is 0 Å². The van der Waals surface area contributed by atoms with Crippen molar-refractivity contribution in [1.82, 2.24) is 30.1 Å². The number of hydrogen-bond acceptors (Lipinski definition) is 5. The van der Waals surface area contributed by atoms with Crippen LogP contribution in [0.2, 0.25) is 0 Å². The molecule has 1 fully saturated rings. The first kappa shape index (κ1) is 14.9. The van der Waals surface area contributed by atoms with Crippen molar-refractivity contribution >= 4 is 11.6 Å². The van der Waals surface area contributed by atoms with Gasteiger partial charge in [0.1, 0.15) is 5.56 Å². The van der Waals surface area contributed by atoms with E-state index in [0.29, 0.717) is 17.8 Å². The standard InChI is InChI=1S/C15H22N6O/c1-12-3-8-21-14(19-12)13(11-18-21)15(22)17-4-2-7-20-9-5-16-6-10-20/h3,8,11,16H,2,4-7,9-10H2,1H3,(H,17,22). The molecule has 0 spiro atoms. The summed E-state index contributed by atoms with van der Waals surface area (Å²) in [5.74, 6) is -0.103. The molecule has 3 rings (SSSR count). The fourth-order valence-electron chi connectivity index (χ4n) is 2.65. The third-order valence-electron chi connectivity index (χ3n) is 3.90. The molecule has 22 heavy (non-hydrogen) atoms. The van der Waals surface area contributed by atoms with Crippen LogP contribution in [0.5, 0.6) is 0 Å². The molecule has 0 unspecified atom stereocenters. The fraction of sp³-hybridized carbons (Fsp3) is 0.533. The molecular formula is C15H22N6O. The molecule has 2 aromatic heterocycles. The van der Waals surface area contributed by atoms with E-state index in [2.05, 4.69) is 25.6 Å². The van der Waals surface area contributed by atoms with Gasteiger partial charge in [0.15, 0.2) is 5.65 Å². The quantitative estimate of drug-likeness (QED) is 0.764. The highest BCUT2D eigenvalue weighted by atomic mass is 16.1. The van der Waals surface area contributed by atoms with Crippen molar-refractivity contribution in [2.45, 2.75) is 13.3 Å². The van der Waals surface area contributed by atoms with Gasteiger partial charge in [-0.3, -0.25) is 4.79 Å². The van der Waals surface area contributed by atoms with E-state index in [9.17, 15) is 4.79 Å². The third-order valence-corrected chi connectivity index (χ3v) is 3.90. The van der Waals surface area contributed by atoms with Gasteiger partial charge in [0.25, 0.3) is 5.91 Å². The van der Waals surface area contributed by atoms with E-state index in [1.54, 1.807) is 10.7 Å². The molecule has 0 radical (unpaired) electrons. The number of nitrogens with zero attached hydrogens (tertiary/aromatic N) is 4. The Morgan fingerprint density at radius 3 is 3.05 bits per heavy atom. The van der Waals surface area contributed by atoms with E-state index in [1.165, 1.54) is 0 Å². The van der Waals surface area contributed by atoms with Crippen LogP contribution in [0, 0.1) is 6.92 Å². The number of carbonyl (C=O) groups excluding carboxylic acids is 1. The minimum atomic E-state index is -0.103. The van der Waals surface area contributed by atoms with Crippen LogP contribution >= 0.6 is 0 Å². The summed E-state index contributed by atoms with van der Waals surface area (Å²) in [5, 5.41) is 10.5. The van der Waals surface area contributed by atoms with Crippen LogP contribution in [0.1, 0.15) is 22.5 Å². The van der Waals surface area contributed by atoms with Gasteiger partial charge in [0.2, 0.25) is 0 Å². The van der Waals surface area contributed by atoms with Crippen LogP contribution in [0.25, 0.3) is 5.65 Å². The fourth-order valence-corrected chi connectivity index (χ4v) is 2.65. The zero-order valence-electron chi connectivity index (χ0n) is 12.9. The van der Waals surface area contributed by atoms with E-state index in [-0.39, 0.29) is 5.91 Å². The molecular weight excluding hydrogens is 280 g/mol. The van der Waals surface area contributed by atoms with Crippen molar-refractivity contribution in [3.8, 4) is 0 Å². The largest absolute Gasteiger partial charge is 0.352 e. The number of hydrogen-bond donors (Lipinski definition) is 2. The van der Waals surface area contributed by atoms with Gasteiger partial charge in [-0.1, -0.05) is 0 Å². The minimum absolute atomic E-state index is 0.103. The van der Waals surface area contributed by atoms with Crippen molar-refractivity contribution < 1.29 is 4.79 Å². The molecule has 0 bridgehead atoms. The smallest absolute Gasteiger partial charge is 0.256 e. The van der Waals surface area contributed by atoms with Crippen LogP contribution < -0.4 is 10.6 Å². The van der Waals surface area contributed by atoms with E-state index in [0.717, 1.165) is 44.8 Å². The van der Waals surface area contributed by atoms with E-state index < -0.39 is 0 Å². The number of amides is 1. The molecule has 1 aliphatic rings. The predicted octanol–water partition coefficient (Wildman–Crippen LogP) is 0.0628. The Morgan fingerprint density at radius 2 is 2.23 bits per heavy atom. The maximum atomic E-state index is 12.3. The number of nitrogens with one attached hydrogen (secondary N) is 2. The predicted molar refractivity (Wildman–Crippen MR) is 84.0 cm³/mol. The summed E-state index contributed by atoms with van der Waals surface area (Å²) in [4.78, 5) is 19.1. The van der Waals surface area contributed by atoms with Crippen LogP contribution in [-0.2, 0) is 0 Å². The van der Waals surface area contributed by atoms with E-state index in [1.807, 2.05) is 19.2 Å². The molecule has 7 nitrogen and oxygen atoms in total. The van der Waals surface area contributed by atoms with Crippen molar-refractivity contribution in [2.24, 2.45) is 0 Å². The highest BCUT2D eigenvalue weighted by Crippen LogP contribution is 2.08. The molecule has 0 aliphatic carbocycles. The van der Waals surface area contributed by atoms with Gasteiger partial charge in [0, 0.05) is 44.6 Å². The van der Waals surface area contributed by atoms with Crippen molar-refractivity contribution in [2.75, 3.05) is 39.3 Å². The number of aromatic nitrogens is 3. The lowest BCUT2D eigenvalue weighted by Gasteiger charge is -2.27. The molecule has 1 saturated heterocycles. The molecule has 0 saturated carbocycles. The topological polar surface area (TPSA) is 74.6 Å². The monoisotopic (exact) mass is 302 g/mol. The van der Waals surface area contributed by atoms with Gasteiger partial charge < -0.3 is 15.5 Å². The van der Waals surface area contributed by atoms with Crippen molar-refractivity contribution in [3.05, 3.63) is 29.7 Å². The summed E-state index contributed by atoms with van der Waals surface area (Å²) in [6.07, 6.45) is 4.35. The van der Waals surface area contributed by atoms with Crippen molar-refractivity contribution in [3.63, 3.8) is 0 Å². The minimum Gasteiger partial charge on any atom is -0.352 e. The number of rotatable bonds is 5. The lowest BCUT2D eigenvalue weighted by atomic mass is 10.3. The summed E-state index contributed by atoms with van der Waals surface area (Å²) in [6, 6.07) is 1.87. The third kappa shape index (κ3) is 3.42. The SMILES string of the molecule is Cc1ccn2ncc(C(=O)NCCCN3CCNCC3)c2n1. The van der Waals surface area contributed by atoms with E-state index >= 15 is 0 Å². The number of piperazine rings is 1. The Morgan fingerprint density at radius 1 is 1.41 bits per heavy atom. The van der Waals surface area contributed by atoms with E-state index in [4.69, 9.17) is 0 Å². The lowest BCUT2D eigenvalue weighted by molar-refractivity contribution is 0.0952. The zero-order valence-corrected chi connectivity index (χ0v) is 12.9. The van der Waals surface area contributed by atoms with Gasteiger partial charge in [-0.25, -0.2) is 9.50 Å². The second-order valence-corrected chi connectivity index (χ2v) is 5.60. The molecule has 1 aliphatic heterocycles. The average molecular weight is 302 g/mol. The normalized spacial score (nSPS) is 16.0. The van der Waals surface area contributed by atoms with Crippen molar-refractivity contribution in [1.29, 1.82) is 0 Å². The lowest BCUT2D eigenvalue weighted by Crippen LogP contribution is -2.44. The van der Waals surface area contributed by atoms with Crippen LogP contribution in [-0.4, -0.2) is 64.7 Å². The zero-order chi connectivity index (χ0) is 15.4. The van der Waals surface area contributed by atoms with Gasteiger partial charge in [-0.05, 0) is 26.0 Å². The van der Waals surface area contributed by atoms with Crippen LogP contribution in [0.15, 0.2) is 18.5 Å². The Bertz CT molecular complexity index is 647. The van der Waals surface area contributed by atoms with Crippen LogP contribution in [0.3, 0.4) is 0 Å². The highest BCUT2D eigenvalue weighted by molar-refractivity contribution is 5.99. The molecule has 0 aromatic carbocycles.